The number of rotatable bonds is 2. The summed E-state index contributed by atoms with van der Waals surface area (Å²) in [5.41, 5.74) is 7.18. The van der Waals surface area contributed by atoms with Crippen LogP contribution in [-0.2, 0) is 11.3 Å². The predicted molar refractivity (Wildman–Crippen MR) is 73.0 cm³/mol. The minimum atomic E-state index is -0.353. The minimum Gasteiger partial charge on any atom is -0.439 e. The van der Waals surface area contributed by atoms with Crippen LogP contribution in [0.5, 0.6) is 0 Å². The van der Waals surface area contributed by atoms with Gasteiger partial charge in [0.15, 0.2) is 0 Å². The molecule has 2 aliphatic rings. The van der Waals surface area contributed by atoms with Gasteiger partial charge < -0.3 is 15.8 Å². The summed E-state index contributed by atoms with van der Waals surface area (Å²) in [6.07, 6.45) is 1.72. The van der Waals surface area contributed by atoms with E-state index in [1.165, 1.54) is 0 Å². The van der Waals surface area contributed by atoms with Gasteiger partial charge in [-0.1, -0.05) is 12.1 Å². The number of hydrogen-bond donors (Lipinski definition) is 2. The Balaban J connectivity index is 1.83. The molecule has 1 amide bonds. The van der Waals surface area contributed by atoms with Crippen molar-refractivity contribution in [1.82, 2.24) is 5.32 Å². The molecule has 1 aromatic carbocycles. The Hall–Kier alpha value is -1.59. The summed E-state index contributed by atoms with van der Waals surface area (Å²) in [5, 5.41) is 3.31. The normalized spacial score (nSPS) is 26.8. The van der Waals surface area contributed by atoms with Gasteiger partial charge in [-0.25, -0.2) is 4.79 Å². The lowest BCUT2D eigenvalue weighted by molar-refractivity contribution is 0.0366. The van der Waals surface area contributed by atoms with E-state index in [0.717, 1.165) is 37.2 Å². The minimum absolute atomic E-state index is 0.252. The highest BCUT2D eigenvalue weighted by atomic mass is 16.6. The standard InChI is InChI=1S/C14H19N3O2/c15-8-11-3-1-4-12(7-11)17-10-14(19-13(17)18)5-2-6-16-9-14/h1,3-4,7,16H,2,5-6,8-10,15H2. The van der Waals surface area contributed by atoms with E-state index in [1.54, 1.807) is 4.90 Å². The Labute approximate surface area is 112 Å². The van der Waals surface area contributed by atoms with E-state index in [9.17, 15) is 4.79 Å². The molecule has 1 atom stereocenters. The van der Waals surface area contributed by atoms with Crippen LogP contribution < -0.4 is 16.0 Å². The zero-order valence-electron chi connectivity index (χ0n) is 10.9. The second kappa shape index (κ2) is 4.83. The molecule has 2 fully saturated rings. The van der Waals surface area contributed by atoms with Gasteiger partial charge in [0.1, 0.15) is 5.60 Å². The number of piperidine rings is 1. The molecule has 1 aromatic rings. The van der Waals surface area contributed by atoms with Crippen molar-refractivity contribution in [3.63, 3.8) is 0 Å². The van der Waals surface area contributed by atoms with E-state index in [-0.39, 0.29) is 11.7 Å². The van der Waals surface area contributed by atoms with E-state index in [0.29, 0.717) is 13.1 Å². The van der Waals surface area contributed by atoms with Gasteiger partial charge in [-0.3, -0.25) is 4.90 Å². The number of ether oxygens (including phenoxy) is 1. The number of anilines is 1. The molecule has 0 radical (unpaired) electrons. The molecule has 3 rings (SSSR count). The molecule has 1 spiro atoms. The van der Waals surface area contributed by atoms with Gasteiger partial charge >= 0.3 is 6.09 Å². The topological polar surface area (TPSA) is 67.6 Å². The highest BCUT2D eigenvalue weighted by Gasteiger charge is 2.46. The van der Waals surface area contributed by atoms with Crippen LogP contribution in [0.3, 0.4) is 0 Å². The first-order chi connectivity index (χ1) is 9.22. The molecule has 102 valence electrons. The van der Waals surface area contributed by atoms with Crippen LogP contribution in [-0.4, -0.2) is 31.3 Å². The molecule has 2 aliphatic heterocycles. The Morgan fingerprint density at radius 3 is 3.11 bits per heavy atom. The highest BCUT2D eigenvalue weighted by Crippen LogP contribution is 2.32. The van der Waals surface area contributed by atoms with Crippen molar-refractivity contribution < 1.29 is 9.53 Å². The number of nitrogens with zero attached hydrogens (tertiary/aromatic N) is 1. The number of hydrogen-bond acceptors (Lipinski definition) is 4. The van der Waals surface area contributed by atoms with Gasteiger partial charge in [-0.15, -0.1) is 0 Å². The third kappa shape index (κ3) is 2.31. The monoisotopic (exact) mass is 261 g/mol. The van der Waals surface area contributed by atoms with Crippen LogP contribution in [0.25, 0.3) is 0 Å². The summed E-state index contributed by atoms with van der Waals surface area (Å²) in [7, 11) is 0. The maximum absolute atomic E-state index is 12.1. The van der Waals surface area contributed by atoms with Gasteiger partial charge in [-0.05, 0) is 37.1 Å². The Kier molecular flexibility index (Phi) is 3.16. The first-order valence-electron chi connectivity index (χ1n) is 6.73. The Morgan fingerprint density at radius 2 is 2.37 bits per heavy atom. The largest absolute Gasteiger partial charge is 0.439 e. The molecule has 0 aromatic heterocycles. The van der Waals surface area contributed by atoms with Crippen LogP contribution >= 0.6 is 0 Å². The summed E-state index contributed by atoms with van der Waals surface area (Å²) in [6, 6.07) is 7.77. The fraction of sp³-hybridized carbons (Fsp3) is 0.500. The molecule has 1 unspecified atom stereocenters. The molecule has 5 nitrogen and oxygen atoms in total. The van der Waals surface area contributed by atoms with Crippen LogP contribution in [0.2, 0.25) is 0 Å². The number of carbonyl (C=O) groups is 1. The van der Waals surface area contributed by atoms with E-state index in [4.69, 9.17) is 10.5 Å². The second-order valence-corrected chi connectivity index (χ2v) is 5.29. The average Bonchev–Trinajstić information content (AvgIpc) is 2.76. The van der Waals surface area contributed by atoms with Crippen molar-refractivity contribution in [2.45, 2.75) is 25.0 Å². The molecule has 3 N–H and O–H groups in total. The lowest BCUT2D eigenvalue weighted by Crippen LogP contribution is -2.48. The van der Waals surface area contributed by atoms with Crippen LogP contribution in [0.4, 0.5) is 10.5 Å². The molecule has 0 aliphatic carbocycles. The molecule has 2 heterocycles. The Bertz CT molecular complexity index is 483. The fourth-order valence-electron chi connectivity index (χ4n) is 2.84. The summed E-state index contributed by atoms with van der Waals surface area (Å²) in [4.78, 5) is 13.8. The molecular formula is C14H19N3O2. The van der Waals surface area contributed by atoms with E-state index >= 15 is 0 Å². The maximum atomic E-state index is 12.1. The Morgan fingerprint density at radius 1 is 1.47 bits per heavy atom. The molecule has 0 saturated carbocycles. The molecule has 2 saturated heterocycles. The maximum Gasteiger partial charge on any atom is 0.415 e. The molecular weight excluding hydrogens is 242 g/mol. The van der Waals surface area contributed by atoms with E-state index in [1.807, 2.05) is 24.3 Å². The first kappa shape index (κ1) is 12.4. The molecule has 5 heteroatoms. The summed E-state index contributed by atoms with van der Waals surface area (Å²) < 4.78 is 5.62. The van der Waals surface area contributed by atoms with Crippen molar-refractivity contribution >= 4 is 11.8 Å². The fourth-order valence-corrected chi connectivity index (χ4v) is 2.84. The van der Waals surface area contributed by atoms with E-state index in [2.05, 4.69) is 5.32 Å². The van der Waals surface area contributed by atoms with Crippen molar-refractivity contribution in [3.8, 4) is 0 Å². The highest BCUT2D eigenvalue weighted by molar-refractivity contribution is 5.90. The first-order valence-corrected chi connectivity index (χ1v) is 6.73. The summed E-state index contributed by atoms with van der Waals surface area (Å²) >= 11 is 0. The number of nitrogens with one attached hydrogen (secondary N) is 1. The second-order valence-electron chi connectivity index (χ2n) is 5.29. The molecule has 19 heavy (non-hydrogen) atoms. The van der Waals surface area contributed by atoms with Crippen molar-refractivity contribution in [1.29, 1.82) is 0 Å². The van der Waals surface area contributed by atoms with Crippen LogP contribution in [0.15, 0.2) is 24.3 Å². The predicted octanol–water partition coefficient (Wildman–Crippen LogP) is 1.22. The number of nitrogens with two attached hydrogens (primary N) is 1. The van der Waals surface area contributed by atoms with Crippen molar-refractivity contribution in [2.24, 2.45) is 5.73 Å². The smallest absolute Gasteiger partial charge is 0.415 e. The zero-order valence-corrected chi connectivity index (χ0v) is 10.9. The van der Waals surface area contributed by atoms with Gasteiger partial charge in [0.05, 0.1) is 6.54 Å². The van der Waals surface area contributed by atoms with Crippen molar-refractivity contribution in [2.75, 3.05) is 24.5 Å². The summed E-state index contributed by atoms with van der Waals surface area (Å²) in [5.74, 6) is 0. The average molecular weight is 261 g/mol. The third-order valence-corrected chi connectivity index (χ3v) is 3.86. The number of carbonyl (C=O) groups excluding carboxylic acids is 1. The number of amides is 1. The van der Waals surface area contributed by atoms with Gasteiger partial charge in [0.2, 0.25) is 0 Å². The molecule has 0 bridgehead atoms. The van der Waals surface area contributed by atoms with Crippen LogP contribution in [0, 0.1) is 0 Å². The van der Waals surface area contributed by atoms with Gasteiger partial charge in [-0.2, -0.15) is 0 Å². The van der Waals surface area contributed by atoms with E-state index < -0.39 is 0 Å². The van der Waals surface area contributed by atoms with Gasteiger partial charge in [0.25, 0.3) is 0 Å². The number of benzene rings is 1. The lowest BCUT2D eigenvalue weighted by Gasteiger charge is -2.31. The van der Waals surface area contributed by atoms with Crippen LogP contribution in [0.1, 0.15) is 18.4 Å². The lowest BCUT2D eigenvalue weighted by atomic mass is 9.94. The van der Waals surface area contributed by atoms with Crippen molar-refractivity contribution in [3.05, 3.63) is 29.8 Å². The summed E-state index contributed by atoms with van der Waals surface area (Å²) in [6.45, 7) is 2.84. The zero-order chi connectivity index (χ0) is 13.3. The quantitative estimate of drug-likeness (QED) is 0.840. The third-order valence-electron chi connectivity index (χ3n) is 3.86. The van der Waals surface area contributed by atoms with Gasteiger partial charge in [0, 0.05) is 18.8 Å². The SMILES string of the molecule is NCc1cccc(N2CC3(CCCNC3)OC2=O)c1.